The zero-order chi connectivity index (χ0) is 13.7. The first-order chi connectivity index (χ1) is 9.20. The number of benzene rings is 1. The van der Waals surface area contributed by atoms with Gasteiger partial charge in [0.1, 0.15) is 17.5 Å². The van der Waals surface area contributed by atoms with Crippen molar-refractivity contribution in [2.75, 3.05) is 11.9 Å². The molecule has 0 radical (unpaired) electrons. The van der Waals surface area contributed by atoms with Gasteiger partial charge in [0.05, 0.1) is 0 Å². The van der Waals surface area contributed by atoms with Gasteiger partial charge in [-0.15, -0.1) is 11.8 Å². The largest absolute Gasteiger partial charge is 0.370 e. The van der Waals surface area contributed by atoms with Crippen LogP contribution in [-0.2, 0) is 5.75 Å². The van der Waals surface area contributed by atoms with Crippen LogP contribution in [0, 0.1) is 11.6 Å². The fraction of sp³-hybridized carbons (Fsp3) is 0.214. The molecule has 2 nitrogen and oxygen atoms in total. The Labute approximate surface area is 115 Å². The van der Waals surface area contributed by atoms with Crippen molar-refractivity contribution >= 4 is 17.6 Å². The molecule has 0 amide bonds. The van der Waals surface area contributed by atoms with Crippen LogP contribution in [0.1, 0.15) is 12.5 Å². The van der Waals surface area contributed by atoms with Gasteiger partial charge in [0.25, 0.3) is 0 Å². The van der Waals surface area contributed by atoms with Crippen LogP contribution in [-0.4, -0.2) is 11.5 Å². The molecule has 0 bridgehead atoms. The van der Waals surface area contributed by atoms with Gasteiger partial charge in [-0.25, -0.2) is 13.8 Å². The van der Waals surface area contributed by atoms with Crippen LogP contribution < -0.4 is 5.32 Å². The highest BCUT2D eigenvalue weighted by Gasteiger charge is 2.07. The van der Waals surface area contributed by atoms with E-state index in [9.17, 15) is 8.78 Å². The van der Waals surface area contributed by atoms with E-state index in [2.05, 4.69) is 10.3 Å². The fourth-order valence-corrected chi connectivity index (χ4v) is 2.53. The Hall–Kier alpha value is -1.62. The van der Waals surface area contributed by atoms with Crippen LogP contribution in [0.25, 0.3) is 0 Å². The van der Waals surface area contributed by atoms with Gasteiger partial charge in [-0.2, -0.15) is 0 Å². The molecule has 5 heteroatoms. The number of hydrogen-bond donors (Lipinski definition) is 1. The minimum Gasteiger partial charge on any atom is -0.370 e. The van der Waals surface area contributed by atoms with Crippen LogP contribution in [0.5, 0.6) is 0 Å². The number of anilines is 1. The molecule has 0 aliphatic rings. The lowest BCUT2D eigenvalue weighted by atomic mass is 10.3. The van der Waals surface area contributed by atoms with Gasteiger partial charge in [0.2, 0.25) is 0 Å². The number of rotatable bonds is 5. The summed E-state index contributed by atoms with van der Waals surface area (Å²) < 4.78 is 26.3. The molecule has 0 spiro atoms. The van der Waals surface area contributed by atoms with Gasteiger partial charge < -0.3 is 5.32 Å². The SMILES string of the molecule is CCNc1ncccc1CSc1ccc(F)cc1F. The van der Waals surface area contributed by atoms with E-state index < -0.39 is 11.6 Å². The number of halogens is 2. The summed E-state index contributed by atoms with van der Waals surface area (Å²) in [5.74, 6) is 0.300. The zero-order valence-corrected chi connectivity index (χ0v) is 11.3. The topological polar surface area (TPSA) is 24.9 Å². The molecule has 0 unspecified atom stereocenters. The average Bonchev–Trinajstić information content (AvgIpc) is 2.40. The first kappa shape index (κ1) is 13.8. The van der Waals surface area contributed by atoms with E-state index in [4.69, 9.17) is 0 Å². The average molecular weight is 280 g/mol. The molecule has 0 saturated carbocycles. The molecule has 1 aromatic carbocycles. The molecule has 0 atom stereocenters. The zero-order valence-electron chi connectivity index (χ0n) is 10.5. The summed E-state index contributed by atoms with van der Waals surface area (Å²) in [4.78, 5) is 4.68. The number of aromatic nitrogens is 1. The minimum absolute atomic E-state index is 0.438. The number of hydrogen-bond acceptors (Lipinski definition) is 3. The molecule has 0 aliphatic heterocycles. The normalized spacial score (nSPS) is 10.5. The van der Waals surface area contributed by atoms with Gasteiger partial charge in [-0.1, -0.05) is 6.07 Å². The van der Waals surface area contributed by atoms with Gasteiger partial charge in [-0.05, 0) is 25.1 Å². The summed E-state index contributed by atoms with van der Waals surface area (Å²) in [7, 11) is 0. The Bertz CT molecular complexity index is 561. The summed E-state index contributed by atoms with van der Waals surface area (Å²) in [5, 5.41) is 3.16. The fourth-order valence-electron chi connectivity index (χ4n) is 1.63. The molecule has 2 rings (SSSR count). The molecule has 19 heavy (non-hydrogen) atoms. The van der Waals surface area contributed by atoms with E-state index in [1.54, 1.807) is 6.20 Å². The van der Waals surface area contributed by atoms with Crippen LogP contribution in [0.2, 0.25) is 0 Å². The highest BCUT2D eigenvalue weighted by Crippen LogP contribution is 2.27. The highest BCUT2D eigenvalue weighted by atomic mass is 32.2. The maximum atomic E-state index is 13.5. The van der Waals surface area contributed by atoms with Gasteiger partial charge >= 0.3 is 0 Å². The van der Waals surface area contributed by atoms with Crippen LogP contribution in [0.4, 0.5) is 14.6 Å². The summed E-state index contributed by atoms with van der Waals surface area (Å²) in [6, 6.07) is 7.41. The van der Waals surface area contributed by atoms with Crippen LogP contribution in [0.3, 0.4) is 0 Å². The summed E-state index contributed by atoms with van der Waals surface area (Å²) in [6.07, 6.45) is 1.71. The molecular formula is C14H14F2N2S. The standard InChI is InChI=1S/C14H14F2N2S/c1-2-17-14-10(4-3-7-18-14)9-19-13-6-5-11(15)8-12(13)16/h3-8H,2,9H2,1H3,(H,17,18). The van der Waals surface area contributed by atoms with Crippen molar-refractivity contribution in [3.05, 3.63) is 53.7 Å². The lowest BCUT2D eigenvalue weighted by Crippen LogP contribution is -2.02. The summed E-state index contributed by atoms with van der Waals surface area (Å²) in [5.41, 5.74) is 0.998. The Kier molecular flexibility index (Phi) is 4.74. The molecule has 0 fully saturated rings. The van der Waals surface area contributed by atoms with Gasteiger partial charge in [-0.3, -0.25) is 0 Å². The minimum atomic E-state index is -0.559. The molecule has 0 saturated heterocycles. The molecule has 1 aromatic heterocycles. The second-order valence-corrected chi connectivity index (χ2v) is 4.92. The van der Waals surface area contributed by atoms with Crippen molar-refractivity contribution in [1.29, 1.82) is 0 Å². The third kappa shape index (κ3) is 3.67. The lowest BCUT2D eigenvalue weighted by Gasteiger charge is -2.09. The van der Waals surface area contributed by atoms with Gasteiger partial charge in [0, 0.05) is 35.0 Å². The van der Waals surface area contributed by atoms with E-state index in [1.165, 1.54) is 23.9 Å². The summed E-state index contributed by atoms with van der Waals surface area (Å²) >= 11 is 1.33. The van der Waals surface area contributed by atoms with Crippen molar-refractivity contribution in [1.82, 2.24) is 4.98 Å². The van der Waals surface area contributed by atoms with Crippen LogP contribution >= 0.6 is 11.8 Å². The Morgan fingerprint density at radius 3 is 2.84 bits per heavy atom. The van der Waals surface area contributed by atoms with E-state index in [0.29, 0.717) is 10.6 Å². The monoisotopic (exact) mass is 280 g/mol. The highest BCUT2D eigenvalue weighted by molar-refractivity contribution is 7.98. The number of pyridine rings is 1. The molecule has 0 aliphatic carbocycles. The third-order valence-corrected chi connectivity index (χ3v) is 3.61. The van der Waals surface area contributed by atoms with Crippen molar-refractivity contribution < 1.29 is 8.78 Å². The maximum Gasteiger partial charge on any atom is 0.139 e. The van der Waals surface area contributed by atoms with E-state index in [1.807, 2.05) is 19.1 Å². The van der Waals surface area contributed by atoms with Crippen LogP contribution in [0.15, 0.2) is 41.4 Å². The van der Waals surface area contributed by atoms with E-state index in [0.717, 1.165) is 24.0 Å². The molecule has 100 valence electrons. The van der Waals surface area contributed by atoms with E-state index in [-0.39, 0.29) is 0 Å². The predicted molar refractivity (Wildman–Crippen MR) is 74.3 cm³/mol. The first-order valence-electron chi connectivity index (χ1n) is 5.96. The van der Waals surface area contributed by atoms with E-state index >= 15 is 0 Å². The second kappa shape index (κ2) is 6.52. The Morgan fingerprint density at radius 1 is 1.26 bits per heavy atom. The third-order valence-electron chi connectivity index (χ3n) is 2.51. The lowest BCUT2D eigenvalue weighted by molar-refractivity contribution is 0.565. The first-order valence-corrected chi connectivity index (χ1v) is 6.95. The van der Waals surface area contributed by atoms with Crippen molar-refractivity contribution in [3.63, 3.8) is 0 Å². The number of nitrogens with zero attached hydrogens (tertiary/aromatic N) is 1. The van der Waals surface area contributed by atoms with Crippen molar-refractivity contribution in [2.24, 2.45) is 0 Å². The Morgan fingerprint density at radius 2 is 2.11 bits per heavy atom. The van der Waals surface area contributed by atoms with Gasteiger partial charge in [0.15, 0.2) is 0 Å². The molecular weight excluding hydrogens is 266 g/mol. The second-order valence-electron chi connectivity index (χ2n) is 3.90. The predicted octanol–water partition coefficient (Wildman–Crippen LogP) is 4.08. The van der Waals surface area contributed by atoms with Crippen molar-refractivity contribution in [3.8, 4) is 0 Å². The number of thioether (sulfide) groups is 1. The molecule has 1 N–H and O–H groups in total. The quantitative estimate of drug-likeness (QED) is 0.835. The number of nitrogens with one attached hydrogen (secondary N) is 1. The Balaban J connectivity index is 2.10. The maximum absolute atomic E-state index is 13.5. The smallest absolute Gasteiger partial charge is 0.139 e. The molecule has 1 heterocycles. The summed E-state index contributed by atoms with van der Waals surface area (Å²) in [6.45, 7) is 2.77. The van der Waals surface area contributed by atoms with Crippen molar-refractivity contribution in [2.45, 2.75) is 17.6 Å². The molecule has 2 aromatic rings.